The van der Waals surface area contributed by atoms with Gasteiger partial charge < -0.3 is 15.7 Å². The maximum Gasteiger partial charge on any atom is 0.321 e. The van der Waals surface area contributed by atoms with E-state index in [1.165, 1.54) is 0 Å². The van der Waals surface area contributed by atoms with E-state index in [2.05, 4.69) is 16.0 Å². The molecule has 3 amide bonds. The van der Waals surface area contributed by atoms with Gasteiger partial charge in [0.15, 0.2) is 0 Å². The molecular weight excluding hydrogens is 274 g/mol. The molecule has 0 heterocycles. The van der Waals surface area contributed by atoms with Crippen molar-refractivity contribution in [2.75, 3.05) is 6.54 Å². The molecule has 7 heteroatoms. The minimum Gasteiger partial charge on any atom is -0.481 e. The molecule has 7 nitrogen and oxygen atoms in total. The number of aliphatic carboxylic acids is 1. The van der Waals surface area contributed by atoms with E-state index < -0.39 is 23.4 Å². The summed E-state index contributed by atoms with van der Waals surface area (Å²) in [6.07, 6.45) is 2.72. The van der Waals surface area contributed by atoms with Crippen LogP contribution < -0.4 is 16.0 Å². The third kappa shape index (κ3) is 7.08. The summed E-state index contributed by atoms with van der Waals surface area (Å²) in [5.41, 5.74) is -0.396. The summed E-state index contributed by atoms with van der Waals surface area (Å²) in [6, 6.07) is -0.374. The molecular formula is C14H25N3O4. The fourth-order valence-corrected chi connectivity index (χ4v) is 2.32. The number of nitrogens with one attached hydrogen (secondary N) is 3. The lowest BCUT2D eigenvalue weighted by atomic mass is 9.86. The van der Waals surface area contributed by atoms with Gasteiger partial charge >= 0.3 is 12.0 Å². The van der Waals surface area contributed by atoms with E-state index in [9.17, 15) is 14.4 Å². The second kappa shape index (κ2) is 7.40. The van der Waals surface area contributed by atoms with Crippen LogP contribution in [-0.4, -0.2) is 41.1 Å². The Morgan fingerprint density at radius 3 is 2.14 bits per heavy atom. The van der Waals surface area contributed by atoms with Crippen molar-refractivity contribution in [3.8, 4) is 0 Å². The molecule has 21 heavy (non-hydrogen) atoms. The largest absolute Gasteiger partial charge is 0.481 e. The van der Waals surface area contributed by atoms with Crippen LogP contribution in [0.5, 0.6) is 0 Å². The number of hydrogen-bond acceptors (Lipinski definition) is 4. The van der Waals surface area contributed by atoms with E-state index >= 15 is 0 Å². The Morgan fingerprint density at radius 2 is 1.67 bits per heavy atom. The van der Waals surface area contributed by atoms with Gasteiger partial charge in [0.25, 0.3) is 0 Å². The fraction of sp³-hybridized carbons (Fsp3) is 0.786. The number of urea groups is 1. The molecule has 0 aromatic rings. The Hall–Kier alpha value is -1.63. The van der Waals surface area contributed by atoms with Gasteiger partial charge in [-0.15, -0.1) is 0 Å². The molecule has 0 saturated heterocycles. The van der Waals surface area contributed by atoms with E-state index in [1.807, 2.05) is 20.8 Å². The minimum atomic E-state index is -0.745. The van der Waals surface area contributed by atoms with E-state index in [-0.39, 0.29) is 18.5 Å². The number of carbonyl (C=O) groups excluding carboxylic acids is 2. The average Bonchev–Trinajstić information content (AvgIpc) is 2.34. The smallest absolute Gasteiger partial charge is 0.321 e. The van der Waals surface area contributed by atoms with Crippen LogP contribution in [0.4, 0.5) is 4.79 Å². The van der Waals surface area contributed by atoms with Crippen molar-refractivity contribution in [3.05, 3.63) is 0 Å². The van der Waals surface area contributed by atoms with Crippen LogP contribution in [0.25, 0.3) is 0 Å². The molecule has 0 radical (unpaired) electrons. The van der Waals surface area contributed by atoms with Crippen LogP contribution in [0.1, 0.15) is 46.5 Å². The maximum atomic E-state index is 11.6. The first-order valence-electron chi connectivity index (χ1n) is 7.25. The lowest BCUT2D eigenvalue weighted by molar-refractivity contribution is -0.143. The molecule has 1 rings (SSSR count). The summed E-state index contributed by atoms with van der Waals surface area (Å²) in [7, 11) is 0. The normalized spacial score (nSPS) is 22.4. The second-order valence-electron chi connectivity index (χ2n) is 6.52. The minimum absolute atomic E-state index is 0.0555. The molecule has 120 valence electrons. The van der Waals surface area contributed by atoms with Gasteiger partial charge in [0.2, 0.25) is 5.91 Å². The van der Waals surface area contributed by atoms with Crippen molar-refractivity contribution >= 4 is 17.9 Å². The summed E-state index contributed by atoms with van der Waals surface area (Å²) in [5.74, 6) is -1.41. The van der Waals surface area contributed by atoms with Gasteiger partial charge in [-0.2, -0.15) is 0 Å². The third-order valence-electron chi connectivity index (χ3n) is 3.37. The van der Waals surface area contributed by atoms with Crippen LogP contribution in [0, 0.1) is 5.92 Å². The van der Waals surface area contributed by atoms with E-state index in [4.69, 9.17) is 5.11 Å². The lowest BCUT2D eigenvalue weighted by Gasteiger charge is -2.26. The van der Waals surface area contributed by atoms with Gasteiger partial charge in [0.05, 0.1) is 12.5 Å². The van der Waals surface area contributed by atoms with Crippen molar-refractivity contribution < 1.29 is 19.5 Å². The predicted molar refractivity (Wildman–Crippen MR) is 77.8 cm³/mol. The lowest BCUT2D eigenvalue weighted by Crippen LogP contribution is -2.50. The van der Waals surface area contributed by atoms with Gasteiger partial charge in [0, 0.05) is 11.6 Å². The van der Waals surface area contributed by atoms with Crippen molar-refractivity contribution in [1.29, 1.82) is 0 Å². The zero-order chi connectivity index (χ0) is 16.0. The average molecular weight is 299 g/mol. The Labute approximate surface area is 124 Å². The quantitative estimate of drug-likeness (QED) is 0.615. The molecule has 0 atom stereocenters. The molecule has 1 aliphatic carbocycles. The number of imide groups is 1. The van der Waals surface area contributed by atoms with E-state index in [0.29, 0.717) is 12.8 Å². The summed E-state index contributed by atoms with van der Waals surface area (Å²) in [4.78, 5) is 34.0. The molecule has 1 aliphatic rings. The zero-order valence-corrected chi connectivity index (χ0v) is 12.9. The fourth-order valence-electron chi connectivity index (χ4n) is 2.32. The van der Waals surface area contributed by atoms with Crippen molar-refractivity contribution in [3.63, 3.8) is 0 Å². The second-order valence-corrected chi connectivity index (χ2v) is 6.52. The highest BCUT2D eigenvalue weighted by Gasteiger charge is 2.26. The topological polar surface area (TPSA) is 108 Å². The Bertz CT molecular complexity index is 396. The Kier molecular flexibility index (Phi) is 6.14. The highest BCUT2D eigenvalue weighted by Crippen LogP contribution is 2.24. The van der Waals surface area contributed by atoms with Crippen LogP contribution >= 0.6 is 0 Å². The molecule has 1 fully saturated rings. The monoisotopic (exact) mass is 299 g/mol. The molecule has 0 aromatic heterocycles. The first-order valence-corrected chi connectivity index (χ1v) is 7.25. The molecule has 0 bridgehead atoms. The van der Waals surface area contributed by atoms with Gasteiger partial charge in [-0.3, -0.25) is 14.9 Å². The van der Waals surface area contributed by atoms with Gasteiger partial charge in [0.1, 0.15) is 0 Å². The zero-order valence-electron chi connectivity index (χ0n) is 12.9. The molecule has 0 aromatic carbocycles. The predicted octanol–water partition coefficient (Wildman–Crippen LogP) is 0.844. The van der Waals surface area contributed by atoms with Gasteiger partial charge in [-0.05, 0) is 46.5 Å². The van der Waals surface area contributed by atoms with Crippen LogP contribution in [-0.2, 0) is 9.59 Å². The standard InChI is InChI=1S/C14H25N3O4/c1-14(2,3)17-13(21)16-11(18)8-15-10-6-4-9(5-7-10)12(19)20/h9-10,15H,4-8H2,1-3H3,(H,19,20)(H2,16,17,18,21). The van der Waals surface area contributed by atoms with Gasteiger partial charge in [-0.25, -0.2) is 4.79 Å². The highest BCUT2D eigenvalue weighted by atomic mass is 16.4. The molecule has 0 unspecified atom stereocenters. The number of amides is 3. The maximum absolute atomic E-state index is 11.6. The SMILES string of the molecule is CC(C)(C)NC(=O)NC(=O)CNC1CCC(C(=O)O)CC1. The molecule has 4 N–H and O–H groups in total. The molecule has 0 spiro atoms. The number of carbonyl (C=O) groups is 3. The number of rotatable bonds is 4. The van der Waals surface area contributed by atoms with Crippen LogP contribution in [0.15, 0.2) is 0 Å². The number of hydrogen-bond donors (Lipinski definition) is 4. The highest BCUT2D eigenvalue weighted by molar-refractivity contribution is 5.95. The van der Waals surface area contributed by atoms with E-state index in [0.717, 1.165) is 12.8 Å². The molecule has 0 aliphatic heterocycles. The number of carboxylic acids is 1. The summed E-state index contributed by atoms with van der Waals surface area (Å²) < 4.78 is 0. The Balaban J connectivity index is 2.22. The van der Waals surface area contributed by atoms with Crippen molar-refractivity contribution in [2.45, 2.75) is 58.0 Å². The van der Waals surface area contributed by atoms with Crippen molar-refractivity contribution in [1.82, 2.24) is 16.0 Å². The van der Waals surface area contributed by atoms with Crippen LogP contribution in [0.2, 0.25) is 0 Å². The van der Waals surface area contributed by atoms with E-state index in [1.54, 1.807) is 0 Å². The summed E-state index contributed by atoms with van der Waals surface area (Å²) >= 11 is 0. The molecule has 1 saturated carbocycles. The summed E-state index contributed by atoms with van der Waals surface area (Å²) in [6.45, 7) is 5.54. The number of carboxylic acid groups (broad SMARTS) is 1. The Morgan fingerprint density at radius 1 is 1.10 bits per heavy atom. The van der Waals surface area contributed by atoms with Gasteiger partial charge in [-0.1, -0.05) is 0 Å². The van der Waals surface area contributed by atoms with Crippen LogP contribution in [0.3, 0.4) is 0 Å². The summed E-state index contributed by atoms with van der Waals surface area (Å²) in [5, 5.41) is 16.9. The first kappa shape index (κ1) is 17.4. The third-order valence-corrected chi connectivity index (χ3v) is 3.37. The first-order chi connectivity index (χ1) is 9.67. The van der Waals surface area contributed by atoms with Crippen molar-refractivity contribution in [2.24, 2.45) is 5.92 Å².